The molecule has 0 rings (SSSR count). The van der Waals surface area contributed by atoms with E-state index in [1.165, 1.54) is 0 Å². The average molecular weight is 128 g/mol. The van der Waals surface area contributed by atoms with Gasteiger partial charge in [-0.05, 0) is 18.9 Å². The number of rotatable bonds is 3. The number of allylic oxidation sites excluding steroid dienone is 4. The number of hydrogen-bond donors (Lipinski definition) is 0. The largest absolute Gasteiger partial charge is 0.246 e. The van der Waals surface area contributed by atoms with Gasteiger partial charge >= 0.3 is 0 Å². The van der Waals surface area contributed by atoms with Crippen molar-refractivity contribution in [3.8, 4) is 0 Å². The SMILES string of the molecule is CC/C=C\C=C(\C)CF. The summed E-state index contributed by atoms with van der Waals surface area (Å²) >= 11 is 0. The predicted molar refractivity (Wildman–Crippen MR) is 39.2 cm³/mol. The highest BCUT2D eigenvalue weighted by Crippen LogP contribution is 1.93. The molecular formula is C8H13F. The lowest BCUT2D eigenvalue weighted by atomic mass is 10.3. The topological polar surface area (TPSA) is 0 Å². The van der Waals surface area contributed by atoms with E-state index in [-0.39, 0.29) is 6.67 Å². The second-order valence-corrected chi connectivity index (χ2v) is 1.98. The molecule has 0 spiro atoms. The highest BCUT2D eigenvalue weighted by molar-refractivity contribution is 5.10. The third-order valence-electron chi connectivity index (χ3n) is 0.963. The van der Waals surface area contributed by atoms with Gasteiger partial charge < -0.3 is 0 Å². The molecule has 0 fully saturated rings. The van der Waals surface area contributed by atoms with Gasteiger partial charge in [-0.2, -0.15) is 0 Å². The zero-order valence-electron chi connectivity index (χ0n) is 6.02. The first-order valence-electron chi connectivity index (χ1n) is 3.19. The summed E-state index contributed by atoms with van der Waals surface area (Å²) in [6, 6.07) is 0. The van der Waals surface area contributed by atoms with E-state index in [4.69, 9.17) is 0 Å². The maximum Gasteiger partial charge on any atom is 0.111 e. The number of alkyl halides is 1. The summed E-state index contributed by atoms with van der Waals surface area (Å²) in [5, 5.41) is 0. The second kappa shape index (κ2) is 5.54. The number of halogens is 1. The van der Waals surface area contributed by atoms with Crippen LogP contribution in [-0.4, -0.2) is 6.67 Å². The van der Waals surface area contributed by atoms with E-state index in [2.05, 4.69) is 6.92 Å². The van der Waals surface area contributed by atoms with Crippen LogP contribution in [0.25, 0.3) is 0 Å². The molecule has 0 aliphatic carbocycles. The molecule has 0 amide bonds. The van der Waals surface area contributed by atoms with E-state index < -0.39 is 0 Å². The lowest BCUT2D eigenvalue weighted by Crippen LogP contribution is -1.73. The summed E-state index contributed by atoms with van der Waals surface area (Å²) in [6.45, 7) is 3.49. The zero-order chi connectivity index (χ0) is 7.11. The Kier molecular flexibility index (Phi) is 5.18. The molecule has 0 nitrogen and oxygen atoms in total. The van der Waals surface area contributed by atoms with Gasteiger partial charge in [0.2, 0.25) is 0 Å². The van der Waals surface area contributed by atoms with Crippen LogP contribution in [0.3, 0.4) is 0 Å². The van der Waals surface area contributed by atoms with Crippen LogP contribution in [0, 0.1) is 0 Å². The summed E-state index contributed by atoms with van der Waals surface area (Å²) in [5.74, 6) is 0. The monoisotopic (exact) mass is 128 g/mol. The first-order valence-corrected chi connectivity index (χ1v) is 3.19. The van der Waals surface area contributed by atoms with Crippen LogP contribution in [0.2, 0.25) is 0 Å². The Morgan fingerprint density at radius 3 is 2.67 bits per heavy atom. The molecule has 0 aromatic rings. The molecule has 1 heteroatoms. The van der Waals surface area contributed by atoms with Gasteiger partial charge in [0.25, 0.3) is 0 Å². The van der Waals surface area contributed by atoms with Gasteiger partial charge in [-0.25, -0.2) is 4.39 Å². The van der Waals surface area contributed by atoms with Crippen LogP contribution >= 0.6 is 0 Å². The molecule has 0 heterocycles. The molecule has 0 N–H and O–H groups in total. The Balaban J connectivity index is 3.55. The van der Waals surface area contributed by atoms with E-state index in [1.54, 1.807) is 13.0 Å². The first kappa shape index (κ1) is 8.41. The van der Waals surface area contributed by atoms with Crippen molar-refractivity contribution in [3.63, 3.8) is 0 Å². The zero-order valence-corrected chi connectivity index (χ0v) is 6.02. The minimum atomic E-state index is -0.339. The minimum absolute atomic E-state index is 0.339. The van der Waals surface area contributed by atoms with E-state index in [0.717, 1.165) is 12.0 Å². The normalized spacial score (nSPS) is 13.0. The van der Waals surface area contributed by atoms with Gasteiger partial charge in [-0.1, -0.05) is 25.2 Å². The molecule has 0 aliphatic heterocycles. The maximum absolute atomic E-state index is 11.7. The lowest BCUT2D eigenvalue weighted by molar-refractivity contribution is 0.543. The van der Waals surface area contributed by atoms with Crippen molar-refractivity contribution in [2.45, 2.75) is 20.3 Å². The molecule has 9 heavy (non-hydrogen) atoms. The fourth-order valence-corrected chi connectivity index (χ4v) is 0.413. The summed E-state index contributed by atoms with van der Waals surface area (Å²) < 4.78 is 11.7. The van der Waals surface area contributed by atoms with Crippen molar-refractivity contribution in [3.05, 3.63) is 23.8 Å². The number of hydrogen-bond acceptors (Lipinski definition) is 0. The molecule has 52 valence electrons. The Labute approximate surface area is 56.1 Å². The summed E-state index contributed by atoms with van der Waals surface area (Å²) in [5.41, 5.74) is 0.778. The van der Waals surface area contributed by atoms with Crippen LogP contribution in [0.1, 0.15) is 20.3 Å². The smallest absolute Gasteiger partial charge is 0.111 e. The second-order valence-electron chi connectivity index (χ2n) is 1.98. The maximum atomic E-state index is 11.7. The Bertz CT molecular complexity index is 112. The van der Waals surface area contributed by atoms with Crippen molar-refractivity contribution in [1.82, 2.24) is 0 Å². The van der Waals surface area contributed by atoms with Gasteiger partial charge in [-0.15, -0.1) is 0 Å². The minimum Gasteiger partial charge on any atom is -0.246 e. The summed E-state index contributed by atoms with van der Waals surface area (Å²) in [6.07, 6.45) is 6.69. The fourth-order valence-electron chi connectivity index (χ4n) is 0.413. The Morgan fingerprint density at radius 1 is 1.56 bits per heavy atom. The van der Waals surface area contributed by atoms with E-state index in [0.29, 0.717) is 0 Å². The van der Waals surface area contributed by atoms with E-state index >= 15 is 0 Å². The average Bonchev–Trinajstić information content (AvgIpc) is 1.89. The highest BCUT2D eigenvalue weighted by Gasteiger charge is 1.79. The quantitative estimate of drug-likeness (QED) is 0.513. The Morgan fingerprint density at radius 2 is 2.22 bits per heavy atom. The van der Waals surface area contributed by atoms with Crippen LogP contribution in [0.4, 0.5) is 4.39 Å². The van der Waals surface area contributed by atoms with Gasteiger partial charge in [-0.3, -0.25) is 0 Å². The molecular weight excluding hydrogens is 115 g/mol. The van der Waals surface area contributed by atoms with Gasteiger partial charge in [0.15, 0.2) is 0 Å². The predicted octanol–water partition coefficient (Wildman–Crippen LogP) is 2.87. The van der Waals surface area contributed by atoms with Crippen LogP contribution < -0.4 is 0 Å². The standard InChI is InChI=1S/C8H13F/c1-3-4-5-6-8(2)7-9/h4-6H,3,7H2,1-2H3/b5-4-,8-6-. The molecule has 0 saturated carbocycles. The third kappa shape index (κ3) is 5.28. The lowest BCUT2D eigenvalue weighted by Gasteiger charge is -1.85. The van der Waals surface area contributed by atoms with Crippen molar-refractivity contribution in [2.75, 3.05) is 6.67 Å². The molecule has 0 aromatic heterocycles. The molecule has 0 saturated heterocycles. The van der Waals surface area contributed by atoms with Gasteiger partial charge in [0, 0.05) is 0 Å². The van der Waals surface area contributed by atoms with Gasteiger partial charge in [0.05, 0.1) is 0 Å². The van der Waals surface area contributed by atoms with Crippen molar-refractivity contribution in [1.29, 1.82) is 0 Å². The summed E-state index contributed by atoms with van der Waals surface area (Å²) in [4.78, 5) is 0. The summed E-state index contributed by atoms with van der Waals surface area (Å²) in [7, 11) is 0. The molecule has 0 aromatic carbocycles. The molecule has 0 unspecified atom stereocenters. The van der Waals surface area contributed by atoms with Crippen LogP contribution in [-0.2, 0) is 0 Å². The van der Waals surface area contributed by atoms with Crippen LogP contribution in [0.15, 0.2) is 23.8 Å². The molecule has 0 bridgehead atoms. The van der Waals surface area contributed by atoms with Crippen molar-refractivity contribution < 1.29 is 4.39 Å². The van der Waals surface area contributed by atoms with Crippen molar-refractivity contribution in [2.24, 2.45) is 0 Å². The van der Waals surface area contributed by atoms with Gasteiger partial charge in [0.1, 0.15) is 6.67 Å². The molecule has 0 aliphatic rings. The highest BCUT2D eigenvalue weighted by atomic mass is 19.1. The van der Waals surface area contributed by atoms with E-state index in [9.17, 15) is 4.39 Å². The third-order valence-corrected chi connectivity index (χ3v) is 0.963. The van der Waals surface area contributed by atoms with Crippen LogP contribution in [0.5, 0.6) is 0 Å². The van der Waals surface area contributed by atoms with Crippen molar-refractivity contribution >= 4 is 0 Å². The Hall–Kier alpha value is -0.590. The van der Waals surface area contributed by atoms with E-state index in [1.807, 2.05) is 12.2 Å². The first-order chi connectivity index (χ1) is 4.31. The fraction of sp³-hybridized carbons (Fsp3) is 0.500. The molecule has 0 atom stereocenters. The molecule has 0 radical (unpaired) electrons.